The molecule has 4 aromatic rings. The van der Waals surface area contributed by atoms with Crippen LogP contribution in [0.15, 0.2) is 43.0 Å². The molecule has 9 heteroatoms. The molecule has 1 aliphatic rings. The molecule has 9 nitrogen and oxygen atoms in total. The molecule has 154 valence electrons. The maximum absolute atomic E-state index is 6.12. The fourth-order valence-corrected chi connectivity index (χ4v) is 3.68. The van der Waals surface area contributed by atoms with Gasteiger partial charge in [0.2, 0.25) is 0 Å². The first-order chi connectivity index (χ1) is 14.6. The van der Waals surface area contributed by atoms with Crippen molar-refractivity contribution in [1.82, 2.24) is 34.3 Å². The first-order valence-electron chi connectivity index (χ1n) is 9.97. The lowest BCUT2D eigenvalue weighted by atomic mass is 10.1. The maximum Gasteiger partial charge on any atom is 0.165 e. The molecule has 1 aliphatic heterocycles. The third-order valence-electron chi connectivity index (χ3n) is 5.52. The Morgan fingerprint density at radius 2 is 2.07 bits per heavy atom. The van der Waals surface area contributed by atoms with Crippen LogP contribution in [0.5, 0.6) is 5.75 Å². The first kappa shape index (κ1) is 18.6. The van der Waals surface area contributed by atoms with Crippen molar-refractivity contribution in [2.45, 2.75) is 19.4 Å². The zero-order chi connectivity index (χ0) is 20.7. The van der Waals surface area contributed by atoms with Crippen LogP contribution in [0, 0.1) is 6.92 Å². The summed E-state index contributed by atoms with van der Waals surface area (Å²) in [5, 5.41) is 12.2. The zero-order valence-corrected chi connectivity index (χ0v) is 17.3. The van der Waals surface area contributed by atoms with Gasteiger partial charge in [-0.25, -0.2) is 9.50 Å². The molecule has 0 unspecified atom stereocenters. The van der Waals surface area contributed by atoms with Crippen molar-refractivity contribution < 1.29 is 4.74 Å². The van der Waals surface area contributed by atoms with Crippen LogP contribution in [0.2, 0.25) is 0 Å². The normalized spacial score (nSPS) is 16.6. The molecule has 0 aliphatic carbocycles. The Bertz CT molecular complexity index is 1200. The van der Waals surface area contributed by atoms with Gasteiger partial charge >= 0.3 is 0 Å². The summed E-state index contributed by atoms with van der Waals surface area (Å²) >= 11 is 0. The topological polar surface area (TPSA) is 85.4 Å². The Hall–Kier alpha value is -3.46. The van der Waals surface area contributed by atoms with Crippen LogP contribution in [0.4, 0.5) is 11.6 Å². The van der Waals surface area contributed by atoms with Gasteiger partial charge in [0.25, 0.3) is 0 Å². The average molecular weight is 404 g/mol. The van der Waals surface area contributed by atoms with Gasteiger partial charge in [0.05, 0.1) is 23.6 Å². The van der Waals surface area contributed by atoms with Crippen LogP contribution < -0.4 is 10.1 Å². The highest BCUT2D eigenvalue weighted by atomic mass is 16.5. The highest BCUT2D eigenvalue weighted by molar-refractivity contribution is 5.72. The van der Waals surface area contributed by atoms with Gasteiger partial charge in [0.15, 0.2) is 11.6 Å². The Labute approximate surface area is 174 Å². The van der Waals surface area contributed by atoms with Crippen LogP contribution in [-0.2, 0) is 7.05 Å². The molecule has 5 heterocycles. The van der Waals surface area contributed by atoms with Crippen LogP contribution in [-0.4, -0.2) is 60.5 Å². The van der Waals surface area contributed by atoms with E-state index < -0.39 is 0 Å². The summed E-state index contributed by atoms with van der Waals surface area (Å²) in [4.78, 5) is 10.9. The van der Waals surface area contributed by atoms with Crippen LogP contribution in [0.25, 0.3) is 16.8 Å². The molecule has 0 spiro atoms. The lowest BCUT2D eigenvalue weighted by molar-refractivity contribution is 0.0771. The predicted octanol–water partition coefficient (Wildman–Crippen LogP) is 2.66. The van der Waals surface area contributed by atoms with Crippen molar-refractivity contribution in [2.75, 3.05) is 25.5 Å². The van der Waals surface area contributed by atoms with Gasteiger partial charge < -0.3 is 10.1 Å². The van der Waals surface area contributed by atoms with Crippen LogP contribution >= 0.6 is 0 Å². The molecule has 0 radical (unpaired) electrons. The number of ether oxygens (including phenoxy) is 1. The number of hydrogen-bond donors (Lipinski definition) is 1. The second-order valence-electron chi connectivity index (χ2n) is 7.70. The molecule has 0 amide bonds. The minimum Gasteiger partial charge on any atom is -0.488 e. The van der Waals surface area contributed by atoms with E-state index in [1.54, 1.807) is 18.6 Å². The van der Waals surface area contributed by atoms with Crippen molar-refractivity contribution in [3.8, 4) is 17.0 Å². The second kappa shape index (κ2) is 7.42. The van der Waals surface area contributed by atoms with Gasteiger partial charge in [0.1, 0.15) is 18.1 Å². The average Bonchev–Trinajstić information content (AvgIpc) is 3.28. The van der Waals surface area contributed by atoms with Gasteiger partial charge in [-0.15, -0.1) is 0 Å². The maximum atomic E-state index is 6.12. The first-order valence-corrected chi connectivity index (χ1v) is 9.97. The summed E-state index contributed by atoms with van der Waals surface area (Å²) in [5.74, 6) is 2.18. The lowest BCUT2D eigenvalue weighted by Gasteiger charge is -2.37. The smallest absolute Gasteiger partial charge is 0.165 e. The van der Waals surface area contributed by atoms with Gasteiger partial charge in [-0.3, -0.25) is 14.6 Å². The SMILES string of the molecule is Cc1cncc(Nc2cc3cc(-c4c(OC[C@H]5CCN5C)cnn4C)ccn3n2)n1. The fraction of sp³-hybridized carbons (Fsp3) is 0.333. The third-order valence-corrected chi connectivity index (χ3v) is 5.52. The molecule has 1 N–H and O–H groups in total. The van der Waals surface area contributed by atoms with Gasteiger partial charge in [0, 0.05) is 37.1 Å². The van der Waals surface area contributed by atoms with Crippen LogP contribution in [0.3, 0.4) is 0 Å². The van der Waals surface area contributed by atoms with E-state index in [1.807, 2.05) is 41.5 Å². The Morgan fingerprint density at radius 3 is 2.83 bits per heavy atom. The minimum absolute atomic E-state index is 0.480. The largest absolute Gasteiger partial charge is 0.488 e. The Morgan fingerprint density at radius 1 is 1.17 bits per heavy atom. The van der Waals surface area contributed by atoms with Crippen molar-refractivity contribution in [3.05, 3.63) is 48.7 Å². The number of aromatic nitrogens is 6. The molecule has 5 rings (SSSR count). The summed E-state index contributed by atoms with van der Waals surface area (Å²) in [6.45, 7) is 3.72. The molecule has 1 fully saturated rings. The highest BCUT2D eigenvalue weighted by Crippen LogP contribution is 2.31. The monoisotopic (exact) mass is 404 g/mol. The summed E-state index contributed by atoms with van der Waals surface area (Å²) < 4.78 is 9.80. The van der Waals surface area contributed by atoms with Crippen LogP contribution in [0.1, 0.15) is 12.1 Å². The third kappa shape index (κ3) is 3.48. The van der Waals surface area contributed by atoms with Gasteiger partial charge in [-0.2, -0.15) is 10.2 Å². The molecule has 0 saturated carbocycles. The lowest BCUT2D eigenvalue weighted by Crippen LogP contribution is -2.48. The van der Waals surface area contributed by atoms with E-state index in [1.165, 1.54) is 6.42 Å². The van der Waals surface area contributed by atoms with E-state index in [-0.39, 0.29) is 0 Å². The summed E-state index contributed by atoms with van der Waals surface area (Å²) in [7, 11) is 4.06. The molecule has 4 aromatic heterocycles. The summed E-state index contributed by atoms with van der Waals surface area (Å²) in [6, 6.07) is 6.57. The number of likely N-dealkylation sites (N-methyl/N-ethyl adjacent to an activating group) is 1. The van der Waals surface area contributed by atoms with E-state index in [0.717, 1.165) is 34.8 Å². The van der Waals surface area contributed by atoms with E-state index in [0.29, 0.717) is 24.3 Å². The molecule has 1 atom stereocenters. The minimum atomic E-state index is 0.480. The molecular formula is C21H24N8O. The van der Waals surface area contributed by atoms with Crippen molar-refractivity contribution in [3.63, 3.8) is 0 Å². The quantitative estimate of drug-likeness (QED) is 0.529. The molecule has 0 aromatic carbocycles. The summed E-state index contributed by atoms with van der Waals surface area (Å²) in [6.07, 6.45) is 8.31. The number of rotatable bonds is 6. The standard InChI is InChI=1S/C21H24N8O/c1-14-10-22-12-20(24-14)25-19-9-17-8-15(4-7-29(17)26-19)21-18(11-23-28(21)3)30-13-16-5-6-27(16)2/h4,7-12,16H,5-6,13H2,1-3H3,(H,24,25,26)/t16-/m1/s1. The molecule has 30 heavy (non-hydrogen) atoms. The zero-order valence-electron chi connectivity index (χ0n) is 17.3. The number of nitrogens with one attached hydrogen (secondary N) is 1. The van der Waals surface area contributed by atoms with Gasteiger partial charge in [-0.05, 0) is 39.1 Å². The number of likely N-dealkylation sites (tertiary alicyclic amines) is 1. The van der Waals surface area contributed by atoms with Crippen molar-refractivity contribution in [1.29, 1.82) is 0 Å². The van der Waals surface area contributed by atoms with Gasteiger partial charge in [-0.1, -0.05) is 0 Å². The predicted molar refractivity (Wildman–Crippen MR) is 114 cm³/mol. The fourth-order valence-electron chi connectivity index (χ4n) is 3.68. The van der Waals surface area contributed by atoms with Crippen molar-refractivity contribution in [2.24, 2.45) is 7.05 Å². The number of anilines is 2. The Balaban J connectivity index is 1.40. The highest BCUT2D eigenvalue weighted by Gasteiger charge is 2.25. The van der Waals surface area contributed by atoms with Crippen molar-refractivity contribution >= 4 is 17.2 Å². The van der Waals surface area contributed by atoms with E-state index in [2.05, 4.69) is 43.5 Å². The number of fused-ring (bicyclic) bond motifs is 1. The van der Waals surface area contributed by atoms with E-state index >= 15 is 0 Å². The number of hydrogen-bond acceptors (Lipinski definition) is 7. The van der Waals surface area contributed by atoms with E-state index in [4.69, 9.17) is 4.74 Å². The number of nitrogens with zero attached hydrogens (tertiary/aromatic N) is 7. The number of pyridine rings is 1. The second-order valence-corrected chi connectivity index (χ2v) is 7.70. The molecule has 0 bridgehead atoms. The Kier molecular flexibility index (Phi) is 4.59. The molecule has 1 saturated heterocycles. The summed E-state index contributed by atoms with van der Waals surface area (Å²) in [5.41, 5.74) is 3.80. The van der Waals surface area contributed by atoms with E-state index in [9.17, 15) is 0 Å². The molecular weight excluding hydrogens is 380 g/mol. The number of aryl methyl sites for hydroxylation is 2.